The molecule has 2 N–H and O–H groups in total. The van der Waals surface area contributed by atoms with Crippen molar-refractivity contribution in [1.29, 1.82) is 0 Å². The number of carbonyl (C=O) groups is 1. The predicted molar refractivity (Wildman–Crippen MR) is 88.8 cm³/mol. The van der Waals surface area contributed by atoms with Gasteiger partial charge in [-0.25, -0.2) is 0 Å². The molecule has 0 bridgehead atoms. The second-order valence-electron chi connectivity index (χ2n) is 5.29. The van der Waals surface area contributed by atoms with Crippen LogP contribution in [0.1, 0.15) is 11.1 Å². The third-order valence-electron chi connectivity index (χ3n) is 3.59. The number of anilines is 2. The number of aryl methyl sites for hydroxylation is 1. The lowest BCUT2D eigenvalue weighted by Gasteiger charge is -2.29. The summed E-state index contributed by atoms with van der Waals surface area (Å²) in [4.78, 5) is 15.6. The van der Waals surface area contributed by atoms with Crippen LogP contribution in [0.3, 0.4) is 0 Å². The summed E-state index contributed by atoms with van der Waals surface area (Å²) < 4.78 is 0. The van der Waals surface area contributed by atoms with Crippen LogP contribution in [0.4, 0.5) is 11.4 Å². The van der Waals surface area contributed by atoms with Crippen molar-refractivity contribution in [1.82, 2.24) is 0 Å². The van der Waals surface area contributed by atoms with E-state index in [0.717, 1.165) is 28.4 Å². The molecule has 1 aliphatic heterocycles. The molecule has 0 fully saturated rings. The van der Waals surface area contributed by atoms with Gasteiger partial charge in [-0.05, 0) is 30.7 Å². The molecule has 0 radical (unpaired) electrons. The predicted octanol–water partition coefficient (Wildman–Crippen LogP) is 3.26. The Kier molecular flexibility index (Phi) is 3.88. The lowest BCUT2D eigenvalue weighted by molar-refractivity contribution is -0.118. The smallest absolute Gasteiger partial charge is 0.231 e. The number of thioether (sulfide) groups is 1. The normalized spacial score (nSPS) is 13.9. The maximum absolute atomic E-state index is 12.6. The van der Waals surface area contributed by atoms with Crippen LogP contribution < -0.4 is 10.6 Å². The molecule has 0 spiro atoms. The van der Waals surface area contributed by atoms with Gasteiger partial charge in [0.05, 0.1) is 12.1 Å². The van der Waals surface area contributed by atoms with E-state index in [9.17, 15) is 4.79 Å². The topological polar surface area (TPSA) is 46.3 Å². The highest BCUT2D eigenvalue weighted by Gasteiger charge is 2.23. The summed E-state index contributed by atoms with van der Waals surface area (Å²) in [7, 11) is 0. The van der Waals surface area contributed by atoms with Gasteiger partial charge in [0.15, 0.2) is 0 Å². The van der Waals surface area contributed by atoms with Gasteiger partial charge in [-0.1, -0.05) is 29.8 Å². The fourth-order valence-electron chi connectivity index (χ4n) is 2.59. The molecule has 1 amide bonds. The van der Waals surface area contributed by atoms with Crippen LogP contribution in [-0.4, -0.2) is 18.2 Å². The van der Waals surface area contributed by atoms with Crippen molar-refractivity contribution < 1.29 is 4.79 Å². The zero-order valence-electron chi connectivity index (χ0n) is 12.0. The van der Waals surface area contributed by atoms with Gasteiger partial charge in [0, 0.05) is 22.9 Å². The molecule has 21 heavy (non-hydrogen) atoms. The van der Waals surface area contributed by atoms with E-state index in [1.807, 2.05) is 48.2 Å². The zero-order chi connectivity index (χ0) is 14.8. The third-order valence-corrected chi connectivity index (χ3v) is 4.63. The van der Waals surface area contributed by atoms with E-state index in [1.165, 1.54) is 5.56 Å². The van der Waals surface area contributed by atoms with Gasteiger partial charge in [0.2, 0.25) is 5.91 Å². The molecule has 1 aliphatic rings. The molecule has 0 unspecified atom stereocenters. The molecule has 0 saturated carbocycles. The SMILES string of the molecule is Cc1cccc(CC(=O)N2CCSc3ccc(N)cc32)c1. The summed E-state index contributed by atoms with van der Waals surface area (Å²) in [5, 5.41) is 0. The number of rotatable bonds is 2. The zero-order valence-corrected chi connectivity index (χ0v) is 12.8. The Morgan fingerprint density at radius 2 is 2.14 bits per heavy atom. The van der Waals surface area contributed by atoms with Gasteiger partial charge < -0.3 is 10.6 Å². The Morgan fingerprint density at radius 1 is 1.29 bits per heavy atom. The standard InChI is InChI=1S/C17H18N2OS/c1-12-3-2-4-13(9-12)10-17(20)19-7-8-21-16-6-5-14(18)11-15(16)19/h2-6,9,11H,7-8,10,18H2,1H3. The van der Waals surface area contributed by atoms with E-state index >= 15 is 0 Å². The van der Waals surface area contributed by atoms with Crippen LogP contribution in [0.25, 0.3) is 0 Å². The molecule has 0 atom stereocenters. The molecule has 2 aromatic carbocycles. The number of amides is 1. The van der Waals surface area contributed by atoms with Gasteiger partial charge in [-0.3, -0.25) is 4.79 Å². The van der Waals surface area contributed by atoms with Gasteiger partial charge in [0.1, 0.15) is 0 Å². The van der Waals surface area contributed by atoms with Crippen molar-refractivity contribution in [3.05, 3.63) is 53.6 Å². The van der Waals surface area contributed by atoms with Gasteiger partial charge in [0.25, 0.3) is 0 Å². The summed E-state index contributed by atoms with van der Waals surface area (Å²) in [6, 6.07) is 13.9. The van der Waals surface area contributed by atoms with E-state index in [0.29, 0.717) is 12.1 Å². The van der Waals surface area contributed by atoms with Gasteiger partial charge >= 0.3 is 0 Å². The molecule has 3 rings (SSSR count). The Balaban J connectivity index is 1.85. The molecule has 4 heteroatoms. The summed E-state index contributed by atoms with van der Waals surface area (Å²) in [5.41, 5.74) is 9.75. The van der Waals surface area contributed by atoms with Crippen molar-refractivity contribution in [3.8, 4) is 0 Å². The van der Waals surface area contributed by atoms with Gasteiger partial charge in [-0.15, -0.1) is 11.8 Å². The minimum Gasteiger partial charge on any atom is -0.399 e. The molecule has 108 valence electrons. The largest absolute Gasteiger partial charge is 0.399 e. The molecular formula is C17H18N2OS. The Bertz CT molecular complexity index is 684. The van der Waals surface area contributed by atoms with Crippen LogP contribution in [0.2, 0.25) is 0 Å². The quantitative estimate of drug-likeness (QED) is 0.866. The fourth-order valence-corrected chi connectivity index (χ4v) is 3.56. The number of hydrogen-bond donors (Lipinski definition) is 1. The van der Waals surface area contributed by atoms with Crippen LogP contribution in [0.15, 0.2) is 47.4 Å². The lowest BCUT2D eigenvalue weighted by atomic mass is 10.1. The average Bonchev–Trinajstić information content (AvgIpc) is 2.46. The molecule has 2 aromatic rings. The number of carbonyl (C=O) groups excluding carboxylic acids is 1. The van der Waals surface area contributed by atoms with Gasteiger partial charge in [-0.2, -0.15) is 0 Å². The summed E-state index contributed by atoms with van der Waals surface area (Å²) in [6.45, 7) is 2.78. The summed E-state index contributed by atoms with van der Waals surface area (Å²) >= 11 is 1.78. The fraction of sp³-hybridized carbons (Fsp3) is 0.235. The first-order chi connectivity index (χ1) is 10.1. The number of benzene rings is 2. The van der Waals surface area contributed by atoms with Crippen molar-refractivity contribution in [2.45, 2.75) is 18.2 Å². The number of nitrogens with two attached hydrogens (primary N) is 1. The van der Waals surface area contributed by atoms with Crippen molar-refractivity contribution in [2.24, 2.45) is 0 Å². The number of nitrogen functional groups attached to an aromatic ring is 1. The van der Waals surface area contributed by atoms with Crippen molar-refractivity contribution >= 4 is 29.0 Å². The molecule has 3 nitrogen and oxygen atoms in total. The Labute approximate surface area is 129 Å². The Morgan fingerprint density at radius 3 is 2.95 bits per heavy atom. The van der Waals surface area contributed by atoms with Crippen molar-refractivity contribution in [3.63, 3.8) is 0 Å². The van der Waals surface area contributed by atoms with E-state index < -0.39 is 0 Å². The maximum atomic E-state index is 12.6. The van der Waals surface area contributed by atoms with Crippen LogP contribution in [-0.2, 0) is 11.2 Å². The maximum Gasteiger partial charge on any atom is 0.231 e. The minimum absolute atomic E-state index is 0.132. The highest BCUT2D eigenvalue weighted by Crippen LogP contribution is 2.36. The lowest BCUT2D eigenvalue weighted by Crippen LogP contribution is -2.36. The van der Waals surface area contributed by atoms with E-state index in [2.05, 4.69) is 6.07 Å². The first kappa shape index (κ1) is 14.0. The molecular weight excluding hydrogens is 280 g/mol. The second-order valence-corrected chi connectivity index (χ2v) is 6.42. The third kappa shape index (κ3) is 3.05. The van der Waals surface area contributed by atoms with E-state index in [-0.39, 0.29) is 5.91 Å². The van der Waals surface area contributed by atoms with Crippen LogP contribution in [0.5, 0.6) is 0 Å². The first-order valence-corrected chi connectivity index (χ1v) is 8.00. The van der Waals surface area contributed by atoms with Crippen molar-refractivity contribution in [2.75, 3.05) is 22.9 Å². The summed E-state index contributed by atoms with van der Waals surface area (Å²) in [6.07, 6.45) is 0.431. The number of fused-ring (bicyclic) bond motifs is 1. The molecule has 0 aliphatic carbocycles. The van der Waals surface area contributed by atoms with Crippen LogP contribution >= 0.6 is 11.8 Å². The second kappa shape index (κ2) is 5.82. The molecule has 0 aromatic heterocycles. The summed E-state index contributed by atoms with van der Waals surface area (Å²) in [5.74, 6) is 1.06. The highest BCUT2D eigenvalue weighted by molar-refractivity contribution is 7.99. The Hall–Kier alpha value is -1.94. The number of nitrogens with zero attached hydrogens (tertiary/aromatic N) is 1. The first-order valence-electron chi connectivity index (χ1n) is 7.02. The average molecular weight is 298 g/mol. The van der Waals surface area contributed by atoms with E-state index in [1.54, 1.807) is 11.8 Å². The van der Waals surface area contributed by atoms with Crippen LogP contribution in [0, 0.1) is 6.92 Å². The minimum atomic E-state index is 0.132. The molecule has 0 saturated heterocycles. The highest BCUT2D eigenvalue weighted by atomic mass is 32.2. The number of hydrogen-bond acceptors (Lipinski definition) is 3. The monoisotopic (exact) mass is 298 g/mol. The van der Waals surface area contributed by atoms with E-state index in [4.69, 9.17) is 5.73 Å². The molecule has 1 heterocycles.